The highest BCUT2D eigenvalue weighted by molar-refractivity contribution is 5.90. The zero-order chi connectivity index (χ0) is 15.1. The van der Waals surface area contributed by atoms with E-state index in [0.29, 0.717) is 18.3 Å². The molecule has 2 N–H and O–H groups in total. The van der Waals surface area contributed by atoms with E-state index in [9.17, 15) is 14.4 Å². The van der Waals surface area contributed by atoms with E-state index in [0.717, 1.165) is 19.4 Å². The van der Waals surface area contributed by atoms with Crippen molar-refractivity contribution in [2.45, 2.75) is 25.3 Å². The summed E-state index contributed by atoms with van der Waals surface area (Å²) in [5.74, 6) is 0.725. The minimum Gasteiger partial charge on any atom is -0.345 e. The summed E-state index contributed by atoms with van der Waals surface area (Å²) in [5, 5.41) is 5.87. The average molecular weight is 293 g/mol. The molecule has 1 aromatic rings. The van der Waals surface area contributed by atoms with Gasteiger partial charge in [0.2, 0.25) is 11.7 Å². The lowest BCUT2D eigenvalue weighted by atomic mass is 9.88. The third kappa shape index (κ3) is 2.45. The van der Waals surface area contributed by atoms with Crippen molar-refractivity contribution in [1.29, 1.82) is 0 Å². The summed E-state index contributed by atoms with van der Waals surface area (Å²) in [4.78, 5) is 40.9. The molecule has 2 amide bonds. The Labute approximate surface area is 121 Å². The van der Waals surface area contributed by atoms with Crippen molar-refractivity contribution < 1.29 is 9.59 Å². The summed E-state index contributed by atoms with van der Waals surface area (Å²) in [6.07, 6.45) is 2.29. The summed E-state index contributed by atoms with van der Waals surface area (Å²) < 4.78 is 0. The fourth-order valence-corrected chi connectivity index (χ4v) is 3.51. The van der Waals surface area contributed by atoms with Crippen molar-refractivity contribution in [3.63, 3.8) is 0 Å². The van der Waals surface area contributed by atoms with Crippen molar-refractivity contribution >= 4 is 11.8 Å². The van der Waals surface area contributed by atoms with Gasteiger partial charge in [-0.05, 0) is 24.7 Å². The van der Waals surface area contributed by atoms with Crippen LogP contribution in [0, 0.1) is 11.8 Å². The second-order valence-electron chi connectivity index (χ2n) is 6.07. The Morgan fingerprint density at radius 1 is 1.33 bits per heavy atom. The zero-order valence-corrected chi connectivity index (χ0v) is 12.1. The van der Waals surface area contributed by atoms with Gasteiger partial charge in [-0.1, -0.05) is 0 Å². The highest BCUT2D eigenvalue weighted by Crippen LogP contribution is 2.40. The molecule has 0 unspecified atom stereocenters. The molecule has 21 heavy (non-hydrogen) atoms. The van der Waals surface area contributed by atoms with Crippen LogP contribution in [-0.4, -0.2) is 63.5 Å². The number of fused-ring (bicyclic) bond motifs is 1. The van der Waals surface area contributed by atoms with Crippen molar-refractivity contribution in [2.75, 3.05) is 20.6 Å². The van der Waals surface area contributed by atoms with Gasteiger partial charge in [-0.25, -0.2) is 9.89 Å². The molecule has 1 saturated heterocycles. The third-order valence-corrected chi connectivity index (χ3v) is 4.76. The number of amides is 2. The molecule has 0 aromatic carbocycles. The highest BCUT2D eigenvalue weighted by Gasteiger charge is 2.42. The number of hydrogen-bond acceptors (Lipinski definition) is 4. The quantitative estimate of drug-likeness (QED) is 0.762. The number of likely N-dealkylation sites (tertiary alicyclic amines) is 1. The average Bonchev–Trinajstić information content (AvgIpc) is 3.04. The van der Waals surface area contributed by atoms with Crippen LogP contribution < -0.4 is 5.69 Å². The molecule has 0 radical (unpaired) electrons. The number of H-pyrrole nitrogens is 2. The number of carbonyl (C=O) groups is 2. The Bertz CT molecular complexity index is 621. The van der Waals surface area contributed by atoms with Crippen LogP contribution in [0.25, 0.3) is 0 Å². The van der Waals surface area contributed by atoms with E-state index in [1.54, 1.807) is 16.8 Å². The van der Waals surface area contributed by atoms with Crippen molar-refractivity contribution in [2.24, 2.45) is 11.8 Å². The number of rotatable bonds is 2. The van der Waals surface area contributed by atoms with Gasteiger partial charge in [0.05, 0.1) is 0 Å². The first-order valence-electron chi connectivity index (χ1n) is 7.11. The van der Waals surface area contributed by atoms with E-state index in [1.807, 2.05) is 7.05 Å². The molecule has 3 atom stereocenters. The van der Waals surface area contributed by atoms with Gasteiger partial charge in [-0.2, -0.15) is 0 Å². The van der Waals surface area contributed by atoms with Gasteiger partial charge < -0.3 is 9.80 Å². The van der Waals surface area contributed by atoms with Crippen LogP contribution in [0.2, 0.25) is 0 Å². The van der Waals surface area contributed by atoms with Crippen LogP contribution in [0.4, 0.5) is 0 Å². The van der Waals surface area contributed by atoms with Crippen LogP contribution in [0.5, 0.6) is 0 Å². The number of nitrogens with one attached hydrogen (secondary N) is 2. The topological polar surface area (TPSA) is 102 Å². The van der Waals surface area contributed by atoms with E-state index in [2.05, 4.69) is 15.2 Å². The van der Waals surface area contributed by atoms with Gasteiger partial charge in [0.15, 0.2) is 0 Å². The minimum absolute atomic E-state index is 0.0329. The van der Waals surface area contributed by atoms with Crippen LogP contribution in [0.15, 0.2) is 4.79 Å². The van der Waals surface area contributed by atoms with E-state index in [1.165, 1.54) is 0 Å². The van der Waals surface area contributed by atoms with Crippen molar-refractivity contribution in [3.05, 3.63) is 16.3 Å². The first kappa shape index (κ1) is 13.8. The molecule has 2 aliphatic rings. The maximum atomic E-state index is 12.3. The Kier molecular flexibility index (Phi) is 3.30. The fraction of sp³-hybridized carbons (Fsp3) is 0.692. The minimum atomic E-state index is -0.487. The number of aromatic nitrogens is 3. The predicted molar refractivity (Wildman–Crippen MR) is 73.6 cm³/mol. The Morgan fingerprint density at radius 3 is 2.71 bits per heavy atom. The second-order valence-corrected chi connectivity index (χ2v) is 6.07. The third-order valence-electron chi connectivity index (χ3n) is 4.76. The van der Waals surface area contributed by atoms with Gasteiger partial charge in [-0.3, -0.25) is 14.6 Å². The number of aromatic amines is 2. The Hall–Kier alpha value is -2.12. The molecule has 8 heteroatoms. The van der Waals surface area contributed by atoms with E-state index in [4.69, 9.17) is 0 Å². The maximum Gasteiger partial charge on any atom is 0.341 e. The largest absolute Gasteiger partial charge is 0.345 e. The molecule has 2 heterocycles. The standard InChI is InChI=1S/C13H19N5O3/c1-17-6-8-4-9(3-7(8)5-10(17)19)18(2)12(20)11-14-13(21)16-15-11/h7-9H,3-6H2,1-2H3,(H2,14,15,16,21)/t7-,8+,9-/m1/s1. The number of hydrogen-bond donors (Lipinski definition) is 2. The molecule has 0 spiro atoms. The molecule has 2 fully saturated rings. The lowest BCUT2D eigenvalue weighted by molar-refractivity contribution is -0.134. The number of piperidine rings is 1. The van der Waals surface area contributed by atoms with Gasteiger partial charge in [0.1, 0.15) is 0 Å². The second kappa shape index (κ2) is 5.01. The first-order valence-corrected chi connectivity index (χ1v) is 7.11. The summed E-state index contributed by atoms with van der Waals surface area (Å²) in [5.41, 5.74) is -0.487. The van der Waals surface area contributed by atoms with Gasteiger partial charge in [0, 0.05) is 33.1 Å². The molecule has 114 valence electrons. The monoisotopic (exact) mass is 293 g/mol. The molecular formula is C13H19N5O3. The fourth-order valence-electron chi connectivity index (χ4n) is 3.51. The molecule has 1 aliphatic carbocycles. The Balaban J connectivity index is 1.69. The molecule has 0 bridgehead atoms. The lowest BCUT2D eigenvalue weighted by Crippen LogP contribution is -2.40. The zero-order valence-electron chi connectivity index (χ0n) is 12.1. The highest BCUT2D eigenvalue weighted by atomic mass is 16.2. The Morgan fingerprint density at radius 2 is 2.05 bits per heavy atom. The number of nitrogens with zero attached hydrogens (tertiary/aromatic N) is 3. The first-order chi connectivity index (χ1) is 9.95. The summed E-state index contributed by atoms with van der Waals surface area (Å²) in [6, 6.07) is 0.0898. The smallest absolute Gasteiger partial charge is 0.341 e. The lowest BCUT2D eigenvalue weighted by Gasteiger charge is -2.31. The summed E-state index contributed by atoms with van der Waals surface area (Å²) in [6.45, 7) is 0.765. The molecule has 1 aromatic heterocycles. The van der Waals surface area contributed by atoms with E-state index >= 15 is 0 Å². The van der Waals surface area contributed by atoms with E-state index < -0.39 is 5.69 Å². The molecule has 1 saturated carbocycles. The van der Waals surface area contributed by atoms with Crippen LogP contribution in [-0.2, 0) is 4.79 Å². The number of carbonyl (C=O) groups excluding carboxylic acids is 2. The SMILES string of the molecule is CN1C[C@@H]2C[C@H](N(C)C(=O)c3n[nH]c(=O)[nH]3)C[C@@H]2CC1=O. The van der Waals surface area contributed by atoms with Gasteiger partial charge in [0.25, 0.3) is 5.91 Å². The van der Waals surface area contributed by atoms with Crippen LogP contribution in [0.3, 0.4) is 0 Å². The van der Waals surface area contributed by atoms with Crippen molar-refractivity contribution in [1.82, 2.24) is 25.0 Å². The van der Waals surface area contributed by atoms with Crippen LogP contribution >= 0.6 is 0 Å². The molecule has 8 nitrogen and oxygen atoms in total. The normalized spacial score (nSPS) is 28.6. The van der Waals surface area contributed by atoms with Crippen molar-refractivity contribution in [3.8, 4) is 0 Å². The van der Waals surface area contributed by atoms with Crippen LogP contribution in [0.1, 0.15) is 29.9 Å². The van der Waals surface area contributed by atoms with Gasteiger partial charge >= 0.3 is 5.69 Å². The van der Waals surface area contributed by atoms with E-state index in [-0.39, 0.29) is 23.7 Å². The predicted octanol–water partition coefficient (Wildman–Crippen LogP) is -0.573. The molecule has 1 aliphatic heterocycles. The molecule has 3 rings (SSSR count). The maximum absolute atomic E-state index is 12.3. The van der Waals surface area contributed by atoms with Gasteiger partial charge in [-0.15, -0.1) is 5.10 Å². The molecular weight excluding hydrogens is 274 g/mol. The summed E-state index contributed by atoms with van der Waals surface area (Å²) in [7, 11) is 3.55. The summed E-state index contributed by atoms with van der Waals surface area (Å²) >= 11 is 0.